The standard InChI is InChI=1S/C37H21ClO/c38-23-11-9-10-22(20-23)34-35-28(21-29-27-15-4-8-19-33(27)39-36(29)34)26-14-3-7-18-32(26)37(35)30-16-5-1-12-24(30)25-13-2-6-17-31(25)37/h1-21H. The van der Waals surface area contributed by atoms with Crippen LogP contribution in [0, 0.1) is 0 Å². The Labute approximate surface area is 230 Å². The molecule has 0 radical (unpaired) electrons. The number of rotatable bonds is 1. The average molecular weight is 517 g/mol. The van der Waals surface area contributed by atoms with Gasteiger partial charge in [0.25, 0.3) is 0 Å². The Morgan fingerprint density at radius 3 is 1.77 bits per heavy atom. The van der Waals surface area contributed by atoms with Crippen LogP contribution in [0.5, 0.6) is 0 Å². The second-order valence-corrected chi connectivity index (χ2v) is 11.0. The van der Waals surface area contributed by atoms with Crippen LogP contribution in [-0.4, -0.2) is 0 Å². The second-order valence-electron chi connectivity index (χ2n) is 10.5. The molecule has 1 nitrogen and oxygen atoms in total. The zero-order chi connectivity index (χ0) is 25.7. The Morgan fingerprint density at radius 2 is 1.10 bits per heavy atom. The predicted molar refractivity (Wildman–Crippen MR) is 160 cm³/mol. The molecule has 0 bridgehead atoms. The molecule has 2 aliphatic rings. The highest BCUT2D eigenvalue weighted by molar-refractivity contribution is 6.31. The summed E-state index contributed by atoms with van der Waals surface area (Å²) in [6, 6.07) is 45.7. The maximum absolute atomic E-state index is 6.74. The number of benzene rings is 6. The van der Waals surface area contributed by atoms with Crippen LogP contribution >= 0.6 is 11.6 Å². The number of fused-ring (bicyclic) bond motifs is 13. The first-order chi connectivity index (χ1) is 19.3. The van der Waals surface area contributed by atoms with Gasteiger partial charge in [-0.1, -0.05) is 115 Å². The van der Waals surface area contributed by atoms with E-state index < -0.39 is 5.41 Å². The molecule has 7 aromatic rings. The number of para-hydroxylation sites is 1. The second kappa shape index (κ2) is 7.50. The van der Waals surface area contributed by atoms with Crippen molar-refractivity contribution in [3.05, 3.63) is 155 Å². The molecular formula is C37H21ClO. The maximum Gasteiger partial charge on any atom is 0.143 e. The summed E-state index contributed by atoms with van der Waals surface area (Å²) >= 11 is 6.65. The van der Waals surface area contributed by atoms with Gasteiger partial charge in [-0.3, -0.25) is 0 Å². The molecule has 0 saturated heterocycles. The minimum Gasteiger partial charge on any atom is -0.455 e. The first-order valence-electron chi connectivity index (χ1n) is 13.3. The van der Waals surface area contributed by atoms with Gasteiger partial charge in [0.05, 0.1) is 5.41 Å². The van der Waals surface area contributed by atoms with E-state index in [-0.39, 0.29) is 0 Å². The summed E-state index contributed by atoms with van der Waals surface area (Å²) in [5.74, 6) is 0. The highest BCUT2D eigenvalue weighted by Crippen LogP contribution is 2.65. The molecule has 2 aliphatic carbocycles. The van der Waals surface area contributed by atoms with Gasteiger partial charge in [0.15, 0.2) is 0 Å². The van der Waals surface area contributed by atoms with Crippen LogP contribution in [0.3, 0.4) is 0 Å². The van der Waals surface area contributed by atoms with Crippen molar-refractivity contribution in [2.24, 2.45) is 0 Å². The smallest absolute Gasteiger partial charge is 0.143 e. The topological polar surface area (TPSA) is 13.1 Å². The van der Waals surface area contributed by atoms with Crippen molar-refractivity contribution in [3.63, 3.8) is 0 Å². The lowest BCUT2D eigenvalue weighted by Crippen LogP contribution is -2.26. The molecule has 39 heavy (non-hydrogen) atoms. The van der Waals surface area contributed by atoms with E-state index in [1.165, 1.54) is 44.5 Å². The van der Waals surface area contributed by atoms with E-state index in [0.717, 1.165) is 33.1 Å². The Kier molecular flexibility index (Phi) is 4.11. The summed E-state index contributed by atoms with van der Waals surface area (Å²) in [7, 11) is 0. The van der Waals surface area contributed by atoms with Crippen molar-refractivity contribution in [1.29, 1.82) is 0 Å². The molecule has 1 spiro atoms. The molecule has 2 heteroatoms. The lowest BCUT2D eigenvalue weighted by molar-refractivity contribution is 0.668. The van der Waals surface area contributed by atoms with Crippen LogP contribution in [0.15, 0.2) is 132 Å². The highest BCUT2D eigenvalue weighted by atomic mass is 35.5. The minimum atomic E-state index is -0.468. The molecule has 0 aliphatic heterocycles. The first-order valence-corrected chi connectivity index (χ1v) is 13.7. The van der Waals surface area contributed by atoms with Gasteiger partial charge in [-0.2, -0.15) is 0 Å². The molecule has 0 atom stereocenters. The summed E-state index contributed by atoms with van der Waals surface area (Å²) in [4.78, 5) is 0. The fourth-order valence-electron chi connectivity index (χ4n) is 7.35. The van der Waals surface area contributed by atoms with Gasteiger partial charge in [0.1, 0.15) is 11.2 Å². The third-order valence-electron chi connectivity index (χ3n) is 8.73. The molecule has 0 unspecified atom stereocenters. The van der Waals surface area contributed by atoms with Crippen molar-refractivity contribution in [1.82, 2.24) is 0 Å². The summed E-state index contributed by atoms with van der Waals surface area (Å²) in [6.07, 6.45) is 0. The highest BCUT2D eigenvalue weighted by Gasteiger charge is 2.53. The van der Waals surface area contributed by atoms with Gasteiger partial charge in [-0.15, -0.1) is 0 Å². The molecule has 1 aromatic heterocycles. The van der Waals surface area contributed by atoms with E-state index in [9.17, 15) is 0 Å². The van der Waals surface area contributed by atoms with Crippen molar-refractivity contribution in [2.75, 3.05) is 0 Å². The molecule has 9 rings (SSSR count). The van der Waals surface area contributed by atoms with Gasteiger partial charge < -0.3 is 4.42 Å². The van der Waals surface area contributed by atoms with Crippen LogP contribution in [0.2, 0.25) is 5.02 Å². The minimum absolute atomic E-state index is 0.468. The van der Waals surface area contributed by atoms with Gasteiger partial charge in [-0.05, 0) is 74.3 Å². The van der Waals surface area contributed by atoms with E-state index in [4.69, 9.17) is 16.0 Å². The SMILES string of the molecule is Clc1cccc(-c2c3c(cc4c2oc2ccccc24)-c2ccccc2C32c3ccccc3-c3ccccc32)c1. The lowest BCUT2D eigenvalue weighted by atomic mass is 9.68. The van der Waals surface area contributed by atoms with Crippen molar-refractivity contribution < 1.29 is 4.42 Å². The summed E-state index contributed by atoms with van der Waals surface area (Å²) in [5.41, 5.74) is 13.8. The van der Waals surface area contributed by atoms with E-state index in [1.54, 1.807) is 0 Å². The number of furan rings is 1. The molecule has 6 aromatic carbocycles. The first kappa shape index (κ1) is 21.4. The number of hydrogen-bond acceptors (Lipinski definition) is 1. The zero-order valence-corrected chi connectivity index (χ0v) is 21.7. The Hall–Kier alpha value is -4.59. The molecule has 0 fully saturated rings. The molecular weight excluding hydrogens is 496 g/mol. The van der Waals surface area contributed by atoms with Crippen LogP contribution in [0.25, 0.3) is 55.3 Å². The summed E-state index contributed by atoms with van der Waals surface area (Å²) < 4.78 is 6.74. The number of hydrogen-bond donors (Lipinski definition) is 0. The lowest BCUT2D eigenvalue weighted by Gasteiger charge is -2.32. The average Bonchev–Trinajstić information content (AvgIpc) is 3.60. The van der Waals surface area contributed by atoms with Gasteiger partial charge in [0.2, 0.25) is 0 Å². The fourth-order valence-corrected chi connectivity index (χ4v) is 7.54. The Morgan fingerprint density at radius 1 is 0.513 bits per heavy atom. The summed E-state index contributed by atoms with van der Waals surface area (Å²) in [5, 5.41) is 2.97. The van der Waals surface area contributed by atoms with Gasteiger partial charge in [-0.25, -0.2) is 0 Å². The summed E-state index contributed by atoms with van der Waals surface area (Å²) in [6.45, 7) is 0. The monoisotopic (exact) mass is 516 g/mol. The quantitative estimate of drug-likeness (QED) is 0.211. The van der Waals surface area contributed by atoms with Crippen LogP contribution in [0.1, 0.15) is 22.3 Å². The molecule has 1 heterocycles. The van der Waals surface area contributed by atoms with E-state index in [0.29, 0.717) is 5.02 Å². The van der Waals surface area contributed by atoms with Crippen molar-refractivity contribution in [2.45, 2.75) is 5.41 Å². The third-order valence-corrected chi connectivity index (χ3v) is 8.97. The van der Waals surface area contributed by atoms with Crippen LogP contribution in [-0.2, 0) is 5.41 Å². The molecule has 0 saturated carbocycles. The Bertz CT molecular complexity index is 2100. The third kappa shape index (κ3) is 2.56. The van der Waals surface area contributed by atoms with Crippen molar-refractivity contribution >= 4 is 33.5 Å². The number of halogens is 1. The van der Waals surface area contributed by atoms with E-state index in [1.807, 2.05) is 18.2 Å². The largest absolute Gasteiger partial charge is 0.455 e. The molecule has 182 valence electrons. The maximum atomic E-state index is 6.74. The van der Waals surface area contributed by atoms with E-state index >= 15 is 0 Å². The van der Waals surface area contributed by atoms with E-state index in [2.05, 4.69) is 109 Å². The Balaban J connectivity index is 1.58. The fraction of sp³-hybridized carbons (Fsp3) is 0.0270. The predicted octanol–water partition coefficient (Wildman–Crippen LogP) is 10.2. The molecule has 0 amide bonds. The van der Waals surface area contributed by atoms with Crippen molar-refractivity contribution in [3.8, 4) is 33.4 Å². The van der Waals surface area contributed by atoms with Crippen LogP contribution < -0.4 is 0 Å². The molecule has 0 N–H and O–H groups in total. The van der Waals surface area contributed by atoms with Crippen LogP contribution in [0.4, 0.5) is 0 Å². The zero-order valence-electron chi connectivity index (χ0n) is 20.9. The normalized spacial score (nSPS) is 14.0. The van der Waals surface area contributed by atoms with Gasteiger partial charge >= 0.3 is 0 Å². The van der Waals surface area contributed by atoms with Gasteiger partial charge in [0, 0.05) is 21.4 Å².